The fourth-order valence-electron chi connectivity index (χ4n) is 3.73. The molecule has 0 aliphatic rings. The number of anilines is 1. The van der Waals surface area contributed by atoms with Crippen LogP contribution in [0, 0.1) is 31.0 Å². The van der Waals surface area contributed by atoms with Crippen LogP contribution in [0.15, 0.2) is 41.4 Å². The van der Waals surface area contributed by atoms with E-state index in [2.05, 4.69) is 10.8 Å². The fraction of sp³-hybridized carbons (Fsp3) is 0.286. The van der Waals surface area contributed by atoms with Crippen molar-refractivity contribution in [2.24, 2.45) is 0 Å². The Labute approximate surface area is 169 Å². The number of nitriles is 1. The zero-order chi connectivity index (χ0) is 21.3. The fourth-order valence-corrected chi connectivity index (χ4v) is 5.30. The van der Waals surface area contributed by atoms with Crippen LogP contribution >= 0.6 is 0 Å². The number of hydrogen-bond acceptors (Lipinski definition) is 4. The summed E-state index contributed by atoms with van der Waals surface area (Å²) in [7, 11) is -3.82. The monoisotopic (exact) mass is 414 g/mol. The topological polar surface area (TPSA) is 101 Å². The maximum Gasteiger partial charge on any atom is 0.243 e. The molecule has 0 aliphatic heterocycles. The van der Waals surface area contributed by atoms with E-state index in [1.807, 2.05) is 11.5 Å². The number of aromatic nitrogens is 1. The Bertz CT molecular complexity index is 1200. The minimum Gasteiger partial charge on any atom is -0.398 e. The van der Waals surface area contributed by atoms with Crippen molar-refractivity contribution in [3.8, 4) is 6.07 Å². The number of rotatable bonds is 6. The molecule has 3 N–H and O–H groups in total. The number of nitrogens with zero attached hydrogens (tertiary/aromatic N) is 2. The van der Waals surface area contributed by atoms with Crippen LogP contribution in [0.5, 0.6) is 0 Å². The lowest BCUT2D eigenvalue weighted by molar-refractivity contribution is 0.526. The van der Waals surface area contributed by atoms with Gasteiger partial charge in [-0.2, -0.15) is 5.26 Å². The standard InChI is InChI=1S/C21H23FN4O2S/c1-13-8-14(2)21(19(24)9-13)29(27,28)25-15(3)11-26-12-16(6-7-23)18-10-17(22)4-5-20(18)26/h4-5,8-10,12,15,25H,6,11,24H2,1-3H3. The van der Waals surface area contributed by atoms with E-state index in [0.29, 0.717) is 23.1 Å². The number of halogens is 1. The van der Waals surface area contributed by atoms with E-state index in [4.69, 9.17) is 11.0 Å². The van der Waals surface area contributed by atoms with Crippen LogP contribution in [0.4, 0.5) is 10.1 Å². The molecule has 1 atom stereocenters. The van der Waals surface area contributed by atoms with Crippen molar-refractivity contribution < 1.29 is 12.8 Å². The molecule has 0 saturated carbocycles. The first-order chi connectivity index (χ1) is 13.6. The van der Waals surface area contributed by atoms with Gasteiger partial charge in [-0.1, -0.05) is 6.07 Å². The van der Waals surface area contributed by atoms with Gasteiger partial charge in [-0.15, -0.1) is 0 Å². The Balaban J connectivity index is 1.90. The predicted octanol–water partition coefficient (Wildman–Crippen LogP) is 3.41. The third-order valence-electron chi connectivity index (χ3n) is 4.74. The maximum atomic E-state index is 13.6. The van der Waals surface area contributed by atoms with Crippen LogP contribution in [0.25, 0.3) is 10.9 Å². The number of nitrogen functional groups attached to an aromatic ring is 1. The maximum absolute atomic E-state index is 13.6. The van der Waals surface area contributed by atoms with Gasteiger partial charge in [0.1, 0.15) is 10.7 Å². The lowest BCUT2D eigenvalue weighted by Gasteiger charge is -2.18. The lowest BCUT2D eigenvalue weighted by Crippen LogP contribution is -2.36. The Morgan fingerprint density at radius 1 is 1.28 bits per heavy atom. The summed E-state index contributed by atoms with van der Waals surface area (Å²) in [6, 6.07) is 9.40. The van der Waals surface area contributed by atoms with Gasteiger partial charge in [-0.3, -0.25) is 0 Å². The zero-order valence-electron chi connectivity index (χ0n) is 16.5. The molecule has 0 fully saturated rings. The summed E-state index contributed by atoms with van der Waals surface area (Å²) in [6.45, 7) is 5.63. The first-order valence-electron chi connectivity index (χ1n) is 9.15. The minimum absolute atomic E-state index is 0.0829. The molecular weight excluding hydrogens is 391 g/mol. The Kier molecular flexibility index (Phi) is 5.64. The Morgan fingerprint density at radius 2 is 2.00 bits per heavy atom. The van der Waals surface area contributed by atoms with Crippen LogP contribution < -0.4 is 10.5 Å². The van der Waals surface area contributed by atoms with E-state index in [0.717, 1.165) is 11.1 Å². The van der Waals surface area contributed by atoms with Gasteiger partial charge in [0.2, 0.25) is 10.0 Å². The molecule has 152 valence electrons. The molecule has 0 saturated heterocycles. The van der Waals surface area contributed by atoms with Crippen molar-refractivity contribution in [2.45, 2.75) is 44.7 Å². The number of benzene rings is 2. The molecule has 3 aromatic rings. The summed E-state index contributed by atoms with van der Waals surface area (Å²) < 4.78 is 44.0. The first-order valence-corrected chi connectivity index (χ1v) is 10.6. The average molecular weight is 415 g/mol. The van der Waals surface area contributed by atoms with Gasteiger partial charge in [0.15, 0.2) is 0 Å². The largest absolute Gasteiger partial charge is 0.398 e. The smallest absolute Gasteiger partial charge is 0.243 e. The number of nitrogens with one attached hydrogen (secondary N) is 1. The van der Waals surface area contributed by atoms with Gasteiger partial charge in [0.25, 0.3) is 0 Å². The van der Waals surface area contributed by atoms with Gasteiger partial charge in [-0.05, 0) is 61.7 Å². The van der Waals surface area contributed by atoms with Crippen LogP contribution in [0.1, 0.15) is 23.6 Å². The van der Waals surface area contributed by atoms with Crippen LogP contribution in [0.3, 0.4) is 0 Å². The molecule has 0 bridgehead atoms. The van der Waals surface area contributed by atoms with E-state index < -0.39 is 16.1 Å². The van der Waals surface area contributed by atoms with E-state index in [1.165, 1.54) is 12.1 Å². The van der Waals surface area contributed by atoms with Crippen molar-refractivity contribution in [1.82, 2.24) is 9.29 Å². The van der Waals surface area contributed by atoms with Crippen molar-refractivity contribution in [1.29, 1.82) is 5.26 Å². The molecule has 0 radical (unpaired) electrons. The first kappa shape index (κ1) is 20.8. The number of fused-ring (bicyclic) bond motifs is 1. The molecule has 3 rings (SSSR count). The van der Waals surface area contributed by atoms with Gasteiger partial charge in [-0.25, -0.2) is 17.5 Å². The molecule has 8 heteroatoms. The lowest BCUT2D eigenvalue weighted by atomic mass is 10.1. The molecule has 6 nitrogen and oxygen atoms in total. The van der Waals surface area contributed by atoms with E-state index in [-0.39, 0.29) is 22.8 Å². The third kappa shape index (κ3) is 4.26. The zero-order valence-corrected chi connectivity index (χ0v) is 17.3. The molecule has 29 heavy (non-hydrogen) atoms. The van der Waals surface area contributed by atoms with Gasteiger partial charge < -0.3 is 10.3 Å². The highest BCUT2D eigenvalue weighted by molar-refractivity contribution is 7.89. The summed E-state index contributed by atoms with van der Waals surface area (Å²) in [5, 5.41) is 9.69. The Hall–Kier alpha value is -2.89. The number of sulfonamides is 1. The second-order valence-corrected chi connectivity index (χ2v) is 8.98. The number of nitrogens with two attached hydrogens (primary N) is 1. The normalized spacial score (nSPS) is 12.8. The summed E-state index contributed by atoms with van der Waals surface area (Å²) >= 11 is 0. The SMILES string of the molecule is Cc1cc(C)c(S(=O)(=O)NC(C)Cn2cc(CC#N)c3cc(F)ccc32)c(N)c1. The molecule has 0 amide bonds. The molecule has 1 unspecified atom stereocenters. The molecule has 0 spiro atoms. The third-order valence-corrected chi connectivity index (χ3v) is 6.55. The summed E-state index contributed by atoms with van der Waals surface area (Å²) in [5.41, 5.74) is 9.10. The second kappa shape index (κ2) is 7.85. The summed E-state index contributed by atoms with van der Waals surface area (Å²) in [4.78, 5) is 0.0829. The molecule has 0 aliphatic carbocycles. The molecule has 1 heterocycles. The number of hydrogen-bond donors (Lipinski definition) is 2. The van der Waals surface area contributed by atoms with Crippen molar-refractivity contribution in [3.05, 3.63) is 59.0 Å². The molecule has 2 aromatic carbocycles. The summed E-state index contributed by atoms with van der Waals surface area (Å²) in [5.74, 6) is -0.381. The van der Waals surface area contributed by atoms with E-state index >= 15 is 0 Å². The van der Waals surface area contributed by atoms with Crippen LogP contribution in [-0.4, -0.2) is 19.0 Å². The Morgan fingerprint density at radius 3 is 2.66 bits per heavy atom. The summed E-state index contributed by atoms with van der Waals surface area (Å²) in [6.07, 6.45) is 1.91. The van der Waals surface area contributed by atoms with Crippen LogP contribution in [0.2, 0.25) is 0 Å². The van der Waals surface area contributed by atoms with Crippen molar-refractivity contribution in [2.75, 3.05) is 5.73 Å². The predicted molar refractivity (Wildman–Crippen MR) is 111 cm³/mol. The molecular formula is C21H23FN4O2S. The van der Waals surface area contributed by atoms with Gasteiger partial charge in [0.05, 0.1) is 18.2 Å². The van der Waals surface area contributed by atoms with Crippen molar-refractivity contribution in [3.63, 3.8) is 0 Å². The van der Waals surface area contributed by atoms with E-state index in [1.54, 1.807) is 38.2 Å². The van der Waals surface area contributed by atoms with Gasteiger partial charge >= 0.3 is 0 Å². The average Bonchev–Trinajstić information content (AvgIpc) is 2.90. The highest BCUT2D eigenvalue weighted by atomic mass is 32.2. The van der Waals surface area contributed by atoms with Gasteiger partial charge in [0, 0.05) is 29.7 Å². The minimum atomic E-state index is -3.82. The van der Waals surface area contributed by atoms with Crippen molar-refractivity contribution >= 4 is 26.6 Å². The highest BCUT2D eigenvalue weighted by Gasteiger charge is 2.23. The second-order valence-electron chi connectivity index (χ2n) is 7.33. The molecule has 1 aromatic heterocycles. The van der Waals surface area contributed by atoms with Crippen LogP contribution in [-0.2, 0) is 23.0 Å². The van der Waals surface area contributed by atoms with E-state index in [9.17, 15) is 12.8 Å². The highest BCUT2D eigenvalue weighted by Crippen LogP contribution is 2.26. The quantitative estimate of drug-likeness (QED) is 0.604. The number of aryl methyl sites for hydroxylation is 2.